The fourth-order valence-corrected chi connectivity index (χ4v) is 2.58. The van der Waals surface area contributed by atoms with Gasteiger partial charge in [0, 0.05) is 10.5 Å². The molecule has 0 aliphatic rings. The standard InChI is InChI=1S/C14H16BrN3O2/c1-9(2)18-13(16-8-17-18)7-20-14-10(3)4-12(15)5-11(14)6-19/h4-6,8-9H,7H2,1-3H3. The molecule has 0 radical (unpaired) electrons. The number of carbonyl (C=O) groups excluding carboxylic acids is 1. The van der Waals surface area contributed by atoms with Gasteiger partial charge >= 0.3 is 0 Å². The van der Waals surface area contributed by atoms with Crippen molar-refractivity contribution in [1.29, 1.82) is 0 Å². The lowest BCUT2D eigenvalue weighted by Gasteiger charge is -2.13. The minimum absolute atomic E-state index is 0.215. The smallest absolute Gasteiger partial charge is 0.165 e. The Hall–Kier alpha value is -1.69. The van der Waals surface area contributed by atoms with Crippen LogP contribution in [0, 0.1) is 6.92 Å². The van der Waals surface area contributed by atoms with Crippen LogP contribution in [-0.4, -0.2) is 21.1 Å². The second-order valence-electron chi connectivity index (χ2n) is 4.76. The molecule has 0 unspecified atom stereocenters. The Morgan fingerprint density at radius 3 is 2.85 bits per heavy atom. The zero-order valence-electron chi connectivity index (χ0n) is 11.6. The predicted molar refractivity (Wildman–Crippen MR) is 79.0 cm³/mol. The Labute approximate surface area is 126 Å². The molecule has 5 nitrogen and oxygen atoms in total. The molecule has 0 aliphatic carbocycles. The number of nitrogens with zero attached hydrogens (tertiary/aromatic N) is 3. The molecule has 0 bridgehead atoms. The largest absolute Gasteiger partial charge is 0.485 e. The first-order valence-corrected chi connectivity index (χ1v) is 7.08. The van der Waals surface area contributed by atoms with Crippen LogP contribution in [-0.2, 0) is 6.61 Å². The SMILES string of the molecule is Cc1cc(Br)cc(C=O)c1OCc1ncnn1C(C)C. The molecule has 106 valence electrons. The highest BCUT2D eigenvalue weighted by atomic mass is 79.9. The molecule has 1 aromatic carbocycles. The molecular weight excluding hydrogens is 322 g/mol. The van der Waals surface area contributed by atoms with Crippen LogP contribution in [0.5, 0.6) is 5.75 Å². The Balaban J connectivity index is 2.23. The van der Waals surface area contributed by atoms with Gasteiger partial charge in [-0.25, -0.2) is 9.67 Å². The van der Waals surface area contributed by atoms with E-state index in [0.29, 0.717) is 11.3 Å². The molecule has 0 amide bonds. The first-order valence-electron chi connectivity index (χ1n) is 6.29. The van der Waals surface area contributed by atoms with Gasteiger partial charge in [-0.3, -0.25) is 4.79 Å². The molecule has 0 saturated carbocycles. The van der Waals surface area contributed by atoms with E-state index in [1.807, 2.05) is 26.8 Å². The lowest BCUT2D eigenvalue weighted by Crippen LogP contribution is -2.11. The fraction of sp³-hybridized carbons (Fsp3) is 0.357. The van der Waals surface area contributed by atoms with E-state index in [2.05, 4.69) is 26.0 Å². The maximum Gasteiger partial charge on any atom is 0.165 e. The van der Waals surface area contributed by atoms with Crippen LogP contribution in [0.2, 0.25) is 0 Å². The summed E-state index contributed by atoms with van der Waals surface area (Å²) in [5.41, 5.74) is 1.42. The van der Waals surface area contributed by atoms with Crippen molar-refractivity contribution in [2.45, 2.75) is 33.4 Å². The molecule has 0 spiro atoms. The number of ether oxygens (including phenoxy) is 1. The van der Waals surface area contributed by atoms with E-state index in [-0.39, 0.29) is 12.6 Å². The maximum atomic E-state index is 11.1. The minimum Gasteiger partial charge on any atom is -0.485 e. The van der Waals surface area contributed by atoms with Gasteiger partial charge in [-0.05, 0) is 38.5 Å². The maximum absolute atomic E-state index is 11.1. The van der Waals surface area contributed by atoms with Gasteiger partial charge in [0.15, 0.2) is 12.1 Å². The van der Waals surface area contributed by atoms with Gasteiger partial charge in [0.05, 0.1) is 5.56 Å². The van der Waals surface area contributed by atoms with Gasteiger partial charge in [-0.1, -0.05) is 15.9 Å². The first-order chi connectivity index (χ1) is 9.52. The van der Waals surface area contributed by atoms with Crippen LogP contribution in [0.15, 0.2) is 22.9 Å². The van der Waals surface area contributed by atoms with Crippen molar-refractivity contribution in [3.8, 4) is 5.75 Å². The van der Waals surface area contributed by atoms with Crippen molar-refractivity contribution in [2.75, 3.05) is 0 Å². The van der Waals surface area contributed by atoms with Gasteiger partial charge in [0.1, 0.15) is 18.7 Å². The number of rotatable bonds is 5. The topological polar surface area (TPSA) is 57.0 Å². The Kier molecular flexibility index (Phi) is 4.54. The number of carbonyl (C=O) groups is 1. The quantitative estimate of drug-likeness (QED) is 0.785. The summed E-state index contributed by atoms with van der Waals surface area (Å²) in [5.74, 6) is 1.32. The third-order valence-corrected chi connectivity index (χ3v) is 3.33. The average Bonchev–Trinajstić information content (AvgIpc) is 2.85. The molecule has 0 aliphatic heterocycles. The number of halogens is 1. The van der Waals surface area contributed by atoms with Gasteiger partial charge in [0.25, 0.3) is 0 Å². The van der Waals surface area contributed by atoms with Gasteiger partial charge < -0.3 is 4.74 Å². The van der Waals surface area contributed by atoms with Gasteiger partial charge in [-0.2, -0.15) is 5.10 Å². The summed E-state index contributed by atoms with van der Waals surface area (Å²) in [4.78, 5) is 15.3. The highest BCUT2D eigenvalue weighted by Gasteiger charge is 2.12. The summed E-state index contributed by atoms with van der Waals surface area (Å²) < 4.78 is 8.43. The summed E-state index contributed by atoms with van der Waals surface area (Å²) in [6, 6.07) is 3.87. The number of benzene rings is 1. The zero-order valence-corrected chi connectivity index (χ0v) is 13.2. The number of aromatic nitrogens is 3. The molecule has 6 heteroatoms. The molecular formula is C14H16BrN3O2. The Bertz CT molecular complexity index is 623. The normalized spacial score (nSPS) is 10.8. The number of hydrogen-bond acceptors (Lipinski definition) is 4. The van der Waals surface area contributed by atoms with E-state index < -0.39 is 0 Å². The van der Waals surface area contributed by atoms with Crippen LogP contribution in [0.1, 0.15) is 41.6 Å². The zero-order chi connectivity index (χ0) is 14.7. The monoisotopic (exact) mass is 337 g/mol. The van der Waals surface area contributed by atoms with Crippen molar-refractivity contribution in [2.24, 2.45) is 0 Å². The minimum atomic E-state index is 0.215. The molecule has 0 atom stereocenters. The van der Waals surface area contributed by atoms with E-state index in [9.17, 15) is 4.79 Å². The molecule has 1 heterocycles. The second-order valence-corrected chi connectivity index (χ2v) is 5.68. The highest BCUT2D eigenvalue weighted by molar-refractivity contribution is 9.10. The highest BCUT2D eigenvalue weighted by Crippen LogP contribution is 2.27. The molecule has 0 N–H and O–H groups in total. The number of aryl methyl sites for hydroxylation is 1. The lowest BCUT2D eigenvalue weighted by atomic mass is 10.1. The van der Waals surface area contributed by atoms with E-state index in [1.54, 1.807) is 10.7 Å². The third-order valence-electron chi connectivity index (χ3n) is 2.88. The van der Waals surface area contributed by atoms with Crippen molar-refractivity contribution in [3.63, 3.8) is 0 Å². The summed E-state index contributed by atoms with van der Waals surface area (Å²) >= 11 is 3.37. The summed E-state index contributed by atoms with van der Waals surface area (Å²) in [6.45, 7) is 6.24. The molecule has 20 heavy (non-hydrogen) atoms. The fourth-order valence-electron chi connectivity index (χ4n) is 1.99. The van der Waals surface area contributed by atoms with Crippen LogP contribution >= 0.6 is 15.9 Å². The van der Waals surface area contributed by atoms with Crippen LogP contribution in [0.3, 0.4) is 0 Å². The van der Waals surface area contributed by atoms with Crippen molar-refractivity contribution in [1.82, 2.24) is 14.8 Å². The average molecular weight is 338 g/mol. The predicted octanol–water partition coefficient (Wildman–Crippen LogP) is 3.32. The summed E-state index contributed by atoms with van der Waals surface area (Å²) in [7, 11) is 0. The second kappa shape index (κ2) is 6.17. The van der Waals surface area contributed by atoms with E-state index in [1.165, 1.54) is 6.33 Å². The van der Waals surface area contributed by atoms with Gasteiger partial charge in [-0.15, -0.1) is 0 Å². The van der Waals surface area contributed by atoms with Crippen LogP contribution in [0.25, 0.3) is 0 Å². The summed E-state index contributed by atoms with van der Waals surface area (Å²) in [5, 5.41) is 4.16. The molecule has 2 aromatic rings. The molecule has 1 aromatic heterocycles. The summed E-state index contributed by atoms with van der Waals surface area (Å²) in [6.07, 6.45) is 2.30. The van der Waals surface area contributed by atoms with Crippen LogP contribution < -0.4 is 4.74 Å². The van der Waals surface area contributed by atoms with Crippen molar-refractivity contribution < 1.29 is 9.53 Å². The van der Waals surface area contributed by atoms with Crippen LogP contribution in [0.4, 0.5) is 0 Å². The Morgan fingerprint density at radius 1 is 1.45 bits per heavy atom. The Morgan fingerprint density at radius 2 is 2.20 bits per heavy atom. The molecule has 2 rings (SSSR count). The first kappa shape index (κ1) is 14.7. The van der Waals surface area contributed by atoms with E-state index >= 15 is 0 Å². The van der Waals surface area contributed by atoms with Crippen molar-refractivity contribution >= 4 is 22.2 Å². The van der Waals surface area contributed by atoms with Crippen molar-refractivity contribution in [3.05, 3.63) is 39.9 Å². The van der Waals surface area contributed by atoms with Gasteiger partial charge in [0.2, 0.25) is 0 Å². The molecule has 0 saturated heterocycles. The van der Waals surface area contributed by atoms with E-state index in [4.69, 9.17) is 4.74 Å². The lowest BCUT2D eigenvalue weighted by molar-refractivity contribution is 0.111. The van der Waals surface area contributed by atoms with E-state index in [0.717, 1.165) is 22.1 Å². The number of hydrogen-bond donors (Lipinski definition) is 0. The number of aldehydes is 1. The third kappa shape index (κ3) is 3.07. The molecule has 0 fully saturated rings.